The molecule has 1 aliphatic carbocycles. The van der Waals surface area contributed by atoms with Gasteiger partial charge < -0.3 is 5.32 Å². The number of carbonyl (C=O) groups excluding carboxylic acids is 1. The van der Waals surface area contributed by atoms with Gasteiger partial charge in [0.1, 0.15) is 0 Å². The van der Waals surface area contributed by atoms with Gasteiger partial charge in [-0.2, -0.15) is 0 Å². The second-order valence-corrected chi connectivity index (χ2v) is 5.78. The van der Waals surface area contributed by atoms with Crippen LogP contribution in [-0.4, -0.2) is 19.2 Å². The molecule has 1 amide bonds. The first kappa shape index (κ1) is 15.2. The Kier molecular flexibility index (Phi) is 4.38. The van der Waals surface area contributed by atoms with E-state index in [-0.39, 0.29) is 11.8 Å². The molecule has 0 bridgehead atoms. The molecule has 1 fully saturated rings. The predicted molar refractivity (Wildman–Crippen MR) is 96.0 cm³/mol. The maximum atomic E-state index is 12.4. The Hall–Kier alpha value is -2.68. The number of hydrogen-bond donors (Lipinski definition) is 1. The topological polar surface area (TPSA) is 41.5 Å². The molecule has 0 spiro atoms. The fourth-order valence-corrected chi connectivity index (χ4v) is 2.87. The van der Waals surface area contributed by atoms with Gasteiger partial charge in [0.2, 0.25) is 5.91 Å². The van der Waals surface area contributed by atoms with Gasteiger partial charge in [-0.25, -0.2) is 0 Å². The molecule has 2 atom stereocenters. The average molecular weight is 304 g/mol. The van der Waals surface area contributed by atoms with E-state index in [0.29, 0.717) is 5.92 Å². The molecule has 3 heteroatoms. The Morgan fingerprint density at radius 2 is 2.00 bits per heavy atom. The molecule has 0 saturated heterocycles. The fraction of sp³-hybridized carbons (Fsp3) is 0.200. The van der Waals surface area contributed by atoms with E-state index in [9.17, 15) is 4.79 Å². The molecule has 1 saturated carbocycles. The van der Waals surface area contributed by atoms with Crippen molar-refractivity contribution in [3.8, 4) is 0 Å². The van der Waals surface area contributed by atoms with Gasteiger partial charge >= 0.3 is 0 Å². The standard InChI is InChI=1S/C20H20N2O/c1-3-14-11-17(10-9-16(14)13-21-2)22-20(23)19-12-18(19)15-7-5-4-6-8-15/h3-11,13,18-19H,1,12H2,2H3,(H,22,23)/b21-13-. The summed E-state index contributed by atoms with van der Waals surface area (Å²) in [6.45, 7) is 3.82. The highest BCUT2D eigenvalue weighted by Gasteiger charge is 2.43. The lowest BCUT2D eigenvalue weighted by atomic mass is 10.1. The lowest BCUT2D eigenvalue weighted by molar-refractivity contribution is -0.117. The van der Waals surface area contributed by atoms with Gasteiger partial charge in [-0.3, -0.25) is 9.79 Å². The van der Waals surface area contributed by atoms with Crippen LogP contribution in [0.25, 0.3) is 6.08 Å². The molecule has 116 valence electrons. The minimum atomic E-state index is 0.0708. The summed E-state index contributed by atoms with van der Waals surface area (Å²) in [5.74, 6) is 0.508. The molecular formula is C20H20N2O. The van der Waals surface area contributed by atoms with Gasteiger partial charge in [0.05, 0.1) is 0 Å². The number of nitrogens with one attached hydrogen (secondary N) is 1. The molecule has 2 aromatic rings. The van der Waals surface area contributed by atoms with Gasteiger partial charge in [-0.15, -0.1) is 0 Å². The molecule has 0 heterocycles. The number of aliphatic imine (C=N–C) groups is 1. The summed E-state index contributed by atoms with van der Waals surface area (Å²) in [5.41, 5.74) is 4.00. The molecule has 3 rings (SSSR count). The SMILES string of the molecule is C=Cc1cc(NC(=O)C2CC2c2ccccc2)ccc1/C=N\C. The van der Waals surface area contributed by atoms with Crippen molar-refractivity contribution in [2.75, 3.05) is 12.4 Å². The molecule has 3 nitrogen and oxygen atoms in total. The molecule has 1 aliphatic rings. The predicted octanol–water partition coefficient (Wildman–Crippen LogP) is 4.12. The third-order valence-electron chi connectivity index (χ3n) is 4.20. The molecule has 2 aromatic carbocycles. The van der Waals surface area contributed by atoms with Crippen LogP contribution in [0.5, 0.6) is 0 Å². The van der Waals surface area contributed by atoms with E-state index in [0.717, 1.165) is 23.2 Å². The second kappa shape index (κ2) is 6.61. The van der Waals surface area contributed by atoms with E-state index in [1.165, 1.54) is 5.56 Å². The van der Waals surface area contributed by atoms with Gasteiger partial charge in [-0.1, -0.05) is 49.1 Å². The minimum Gasteiger partial charge on any atom is -0.326 e. The Bertz CT molecular complexity index is 749. The van der Waals surface area contributed by atoms with E-state index in [1.807, 2.05) is 36.4 Å². The van der Waals surface area contributed by atoms with E-state index in [1.54, 1.807) is 19.3 Å². The van der Waals surface area contributed by atoms with E-state index in [2.05, 4.69) is 29.0 Å². The quantitative estimate of drug-likeness (QED) is 0.829. The summed E-state index contributed by atoms with van der Waals surface area (Å²) < 4.78 is 0. The first-order valence-corrected chi connectivity index (χ1v) is 7.77. The molecule has 0 aromatic heterocycles. The van der Waals surface area contributed by atoms with E-state index < -0.39 is 0 Å². The molecule has 2 unspecified atom stereocenters. The van der Waals surface area contributed by atoms with Crippen LogP contribution in [0.2, 0.25) is 0 Å². The van der Waals surface area contributed by atoms with Crippen molar-refractivity contribution in [1.82, 2.24) is 0 Å². The molecule has 0 radical (unpaired) electrons. The van der Waals surface area contributed by atoms with Crippen molar-refractivity contribution in [2.45, 2.75) is 12.3 Å². The van der Waals surface area contributed by atoms with Crippen LogP contribution >= 0.6 is 0 Å². The highest BCUT2D eigenvalue weighted by atomic mass is 16.2. The molecule has 0 aliphatic heterocycles. The normalized spacial score (nSPS) is 19.5. The summed E-state index contributed by atoms with van der Waals surface area (Å²) in [6, 6.07) is 16.0. The second-order valence-electron chi connectivity index (χ2n) is 5.78. The average Bonchev–Trinajstić information content (AvgIpc) is 3.38. The third kappa shape index (κ3) is 3.39. The van der Waals surface area contributed by atoms with Crippen LogP contribution in [0, 0.1) is 5.92 Å². The van der Waals surface area contributed by atoms with Crippen molar-refractivity contribution in [1.29, 1.82) is 0 Å². The fourth-order valence-electron chi connectivity index (χ4n) is 2.87. The smallest absolute Gasteiger partial charge is 0.228 e. The van der Waals surface area contributed by atoms with Crippen molar-refractivity contribution >= 4 is 23.9 Å². The number of benzene rings is 2. The lowest BCUT2D eigenvalue weighted by Crippen LogP contribution is -2.14. The number of rotatable bonds is 5. The maximum absolute atomic E-state index is 12.4. The zero-order valence-corrected chi connectivity index (χ0v) is 13.2. The number of hydrogen-bond acceptors (Lipinski definition) is 2. The van der Waals surface area contributed by atoms with Crippen molar-refractivity contribution in [2.24, 2.45) is 10.9 Å². The van der Waals surface area contributed by atoms with Gasteiger partial charge in [0.15, 0.2) is 0 Å². The minimum absolute atomic E-state index is 0.0708. The Morgan fingerprint density at radius 3 is 2.70 bits per heavy atom. The summed E-state index contributed by atoms with van der Waals surface area (Å²) in [7, 11) is 1.74. The van der Waals surface area contributed by atoms with E-state index >= 15 is 0 Å². The van der Waals surface area contributed by atoms with Crippen LogP contribution in [0.1, 0.15) is 29.0 Å². The van der Waals surface area contributed by atoms with Crippen molar-refractivity contribution < 1.29 is 4.79 Å². The summed E-state index contributed by atoms with van der Waals surface area (Å²) in [6.07, 6.45) is 4.48. The Labute approximate surface area is 136 Å². The third-order valence-corrected chi connectivity index (χ3v) is 4.20. The highest BCUT2D eigenvalue weighted by Crippen LogP contribution is 2.47. The van der Waals surface area contributed by atoms with Crippen molar-refractivity contribution in [3.63, 3.8) is 0 Å². The zero-order valence-electron chi connectivity index (χ0n) is 13.2. The number of anilines is 1. The van der Waals surface area contributed by atoms with Crippen LogP contribution in [0.15, 0.2) is 60.1 Å². The molecular weight excluding hydrogens is 284 g/mol. The Balaban J connectivity index is 1.68. The number of carbonyl (C=O) groups is 1. The zero-order chi connectivity index (χ0) is 16.2. The molecule has 23 heavy (non-hydrogen) atoms. The first-order chi connectivity index (χ1) is 11.2. The Morgan fingerprint density at radius 1 is 1.22 bits per heavy atom. The van der Waals surface area contributed by atoms with Crippen molar-refractivity contribution in [3.05, 3.63) is 71.8 Å². The summed E-state index contributed by atoms with van der Waals surface area (Å²) in [5, 5.41) is 3.02. The van der Waals surface area contributed by atoms with Gasteiger partial charge in [0.25, 0.3) is 0 Å². The summed E-state index contributed by atoms with van der Waals surface area (Å²) in [4.78, 5) is 16.4. The van der Waals surface area contributed by atoms with E-state index in [4.69, 9.17) is 0 Å². The van der Waals surface area contributed by atoms with Crippen LogP contribution < -0.4 is 5.32 Å². The number of nitrogens with zero attached hydrogens (tertiary/aromatic N) is 1. The van der Waals surface area contributed by atoms with Gasteiger partial charge in [0, 0.05) is 24.9 Å². The largest absolute Gasteiger partial charge is 0.326 e. The maximum Gasteiger partial charge on any atom is 0.228 e. The monoisotopic (exact) mass is 304 g/mol. The summed E-state index contributed by atoms with van der Waals surface area (Å²) >= 11 is 0. The number of amides is 1. The van der Waals surface area contributed by atoms with Crippen LogP contribution in [0.3, 0.4) is 0 Å². The van der Waals surface area contributed by atoms with Gasteiger partial charge in [-0.05, 0) is 41.2 Å². The molecule has 1 N–H and O–H groups in total. The van der Waals surface area contributed by atoms with Crippen LogP contribution in [-0.2, 0) is 4.79 Å². The first-order valence-electron chi connectivity index (χ1n) is 7.77. The lowest BCUT2D eigenvalue weighted by Gasteiger charge is -2.08. The van der Waals surface area contributed by atoms with Crippen LogP contribution in [0.4, 0.5) is 5.69 Å². The highest BCUT2D eigenvalue weighted by molar-refractivity contribution is 5.96.